The fourth-order valence-electron chi connectivity index (χ4n) is 2.79. The average Bonchev–Trinajstić information content (AvgIpc) is 2.67. The molecule has 0 spiro atoms. The monoisotopic (exact) mass is 291 g/mol. The Morgan fingerprint density at radius 1 is 1.15 bits per heavy atom. The molecule has 0 radical (unpaired) electrons. The second kappa shape index (κ2) is 8.74. The SMILES string of the molecule is CC(C)CNCc1cccc(SC2CCCCCC2)c1. The molecule has 1 nitrogen and oxygen atoms in total. The van der Waals surface area contributed by atoms with Crippen LogP contribution in [-0.2, 0) is 6.54 Å². The Hall–Kier alpha value is -0.470. The van der Waals surface area contributed by atoms with Gasteiger partial charge in [-0.25, -0.2) is 0 Å². The van der Waals surface area contributed by atoms with Crippen molar-refractivity contribution in [2.75, 3.05) is 6.54 Å². The molecular formula is C18H29NS. The summed E-state index contributed by atoms with van der Waals surface area (Å²) >= 11 is 2.10. The van der Waals surface area contributed by atoms with E-state index >= 15 is 0 Å². The predicted octanol–water partition coefficient (Wildman–Crippen LogP) is 5.25. The molecule has 0 aliphatic heterocycles. The number of nitrogens with one attached hydrogen (secondary N) is 1. The molecule has 1 aromatic rings. The van der Waals surface area contributed by atoms with E-state index in [9.17, 15) is 0 Å². The number of benzene rings is 1. The van der Waals surface area contributed by atoms with Crippen molar-refractivity contribution in [2.24, 2.45) is 5.92 Å². The minimum Gasteiger partial charge on any atom is -0.312 e. The molecule has 1 fully saturated rings. The molecule has 2 heteroatoms. The van der Waals surface area contributed by atoms with Crippen LogP contribution in [-0.4, -0.2) is 11.8 Å². The van der Waals surface area contributed by atoms with Crippen molar-refractivity contribution in [3.05, 3.63) is 29.8 Å². The minimum atomic E-state index is 0.721. The van der Waals surface area contributed by atoms with E-state index in [0.717, 1.165) is 24.3 Å². The number of hydrogen-bond acceptors (Lipinski definition) is 2. The normalized spacial score (nSPS) is 17.4. The Balaban J connectivity index is 1.84. The molecule has 2 rings (SSSR count). The van der Waals surface area contributed by atoms with Crippen molar-refractivity contribution in [3.8, 4) is 0 Å². The van der Waals surface area contributed by atoms with Gasteiger partial charge in [-0.05, 0) is 43.0 Å². The smallest absolute Gasteiger partial charge is 0.0206 e. The Kier molecular flexibility index (Phi) is 6.95. The first-order valence-electron chi connectivity index (χ1n) is 8.20. The molecular weight excluding hydrogens is 262 g/mol. The van der Waals surface area contributed by atoms with Crippen molar-refractivity contribution in [2.45, 2.75) is 69.1 Å². The minimum absolute atomic E-state index is 0.721. The standard InChI is InChI=1S/C18H29NS/c1-15(2)13-19-14-16-8-7-11-18(12-16)20-17-9-5-3-4-6-10-17/h7-8,11-12,15,17,19H,3-6,9-10,13-14H2,1-2H3. The van der Waals surface area contributed by atoms with Crippen LogP contribution in [0.1, 0.15) is 57.9 Å². The summed E-state index contributed by atoms with van der Waals surface area (Å²) in [5.74, 6) is 0.721. The molecule has 0 atom stereocenters. The van der Waals surface area contributed by atoms with Crippen molar-refractivity contribution >= 4 is 11.8 Å². The summed E-state index contributed by atoms with van der Waals surface area (Å²) in [7, 11) is 0. The van der Waals surface area contributed by atoms with E-state index in [-0.39, 0.29) is 0 Å². The maximum Gasteiger partial charge on any atom is 0.0206 e. The van der Waals surface area contributed by atoms with E-state index in [4.69, 9.17) is 0 Å². The van der Waals surface area contributed by atoms with E-state index in [2.05, 4.69) is 55.2 Å². The lowest BCUT2D eigenvalue weighted by atomic mass is 10.2. The number of rotatable bonds is 6. The van der Waals surface area contributed by atoms with Gasteiger partial charge in [0.25, 0.3) is 0 Å². The van der Waals surface area contributed by atoms with Crippen LogP contribution in [0.4, 0.5) is 0 Å². The van der Waals surface area contributed by atoms with Crippen LogP contribution in [0.15, 0.2) is 29.2 Å². The van der Waals surface area contributed by atoms with Crippen LogP contribution in [0.25, 0.3) is 0 Å². The van der Waals surface area contributed by atoms with Crippen LogP contribution in [0, 0.1) is 5.92 Å². The van der Waals surface area contributed by atoms with Gasteiger partial charge >= 0.3 is 0 Å². The molecule has 1 N–H and O–H groups in total. The van der Waals surface area contributed by atoms with Gasteiger partial charge in [0.15, 0.2) is 0 Å². The Labute approximate surface area is 128 Å². The number of hydrogen-bond donors (Lipinski definition) is 1. The zero-order chi connectivity index (χ0) is 14.2. The third-order valence-corrected chi connectivity index (χ3v) is 5.22. The second-order valence-electron chi connectivity index (χ2n) is 6.40. The highest BCUT2D eigenvalue weighted by Crippen LogP contribution is 2.33. The van der Waals surface area contributed by atoms with Crippen LogP contribution in [0.3, 0.4) is 0 Å². The van der Waals surface area contributed by atoms with Gasteiger partial charge in [-0.1, -0.05) is 51.7 Å². The van der Waals surface area contributed by atoms with E-state index < -0.39 is 0 Å². The quantitative estimate of drug-likeness (QED) is 0.719. The maximum atomic E-state index is 3.53. The second-order valence-corrected chi connectivity index (χ2v) is 7.78. The molecule has 0 saturated heterocycles. The average molecular weight is 292 g/mol. The Bertz CT molecular complexity index is 381. The van der Waals surface area contributed by atoms with Crippen LogP contribution in [0.2, 0.25) is 0 Å². The number of thioether (sulfide) groups is 1. The third-order valence-electron chi connectivity index (χ3n) is 3.89. The molecule has 20 heavy (non-hydrogen) atoms. The molecule has 0 aromatic heterocycles. The molecule has 0 unspecified atom stereocenters. The van der Waals surface area contributed by atoms with E-state index in [1.165, 1.54) is 49.0 Å². The highest BCUT2D eigenvalue weighted by Gasteiger charge is 2.13. The first kappa shape index (κ1) is 15.9. The zero-order valence-electron chi connectivity index (χ0n) is 13.0. The van der Waals surface area contributed by atoms with Gasteiger partial charge in [0.1, 0.15) is 0 Å². The molecule has 1 aliphatic rings. The summed E-state index contributed by atoms with van der Waals surface area (Å²) in [5, 5.41) is 4.38. The fourth-order valence-corrected chi connectivity index (χ4v) is 4.12. The summed E-state index contributed by atoms with van der Waals surface area (Å²) < 4.78 is 0. The first-order chi connectivity index (χ1) is 9.74. The van der Waals surface area contributed by atoms with Gasteiger partial charge < -0.3 is 5.32 Å². The van der Waals surface area contributed by atoms with Crippen LogP contribution in [0.5, 0.6) is 0 Å². The Morgan fingerprint density at radius 3 is 2.60 bits per heavy atom. The summed E-state index contributed by atoms with van der Waals surface area (Å²) in [5.41, 5.74) is 1.42. The van der Waals surface area contributed by atoms with Crippen molar-refractivity contribution in [3.63, 3.8) is 0 Å². The molecule has 1 aliphatic carbocycles. The lowest BCUT2D eigenvalue weighted by molar-refractivity contribution is 0.552. The molecule has 1 saturated carbocycles. The summed E-state index contributed by atoms with van der Waals surface area (Å²) in [6, 6.07) is 9.11. The lowest BCUT2D eigenvalue weighted by Gasteiger charge is -2.14. The van der Waals surface area contributed by atoms with Gasteiger partial charge in [-0.15, -0.1) is 11.8 Å². The van der Waals surface area contributed by atoms with Gasteiger partial charge in [-0.2, -0.15) is 0 Å². The topological polar surface area (TPSA) is 12.0 Å². The third kappa shape index (κ3) is 5.88. The molecule has 0 bridgehead atoms. The summed E-state index contributed by atoms with van der Waals surface area (Å²) in [6.45, 7) is 6.61. The van der Waals surface area contributed by atoms with Gasteiger partial charge in [0, 0.05) is 16.7 Å². The van der Waals surface area contributed by atoms with Gasteiger partial charge in [0.05, 0.1) is 0 Å². The highest BCUT2D eigenvalue weighted by molar-refractivity contribution is 8.00. The van der Waals surface area contributed by atoms with Crippen molar-refractivity contribution in [1.82, 2.24) is 5.32 Å². The van der Waals surface area contributed by atoms with E-state index in [1.54, 1.807) is 0 Å². The van der Waals surface area contributed by atoms with Crippen molar-refractivity contribution < 1.29 is 0 Å². The first-order valence-corrected chi connectivity index (χ1v) is 9.08. The zero-order valence-corrected chi connectivity index (χ0v) is 13.8. The fraction of sp³-hybridized carbons (Fsp3) is 0.667. The predicted molar refractivity (Wildman–Crippen MR) is 90.3 cm³/mol. The summed E-state index contributed by atoms with van der Waals surface area (Å²) in [4.78, 5) is 1.46. The maximum absolute atomic E-state index is 3.53. The molecule has 0 heterocycles. The summed E-state index contributed by atoms with van der Waals surface area (Å²) in [6.07, 6.45) is 8.54. The van der Waals surface area contributed by atoms with Crippen molar-refractivity contribution in [1.29, 1.82) is 0 Å². The van der Waals surface area contributed by atoms with Gasteiger partial charge in [0.2, 0.25) is 0 Å². The van der Waals surface area contributed by atoms with Crippen LogP contribution >= 0.6 is 11.8 Å². The largest absolute Gasteiger partial charge is 0.312 e. The van der Waals surface area contributed by atoms with E-state index in [1.807, 2.05) is 0 Å². The van der Waals surface area contributed by atoms with E-state index in [0.29, 0.717) is 0 Å². The molecule has 112 valence electrons. The lowest BCUT2D eigenvalue weighted by Crippen LogP contribution is -2.18. The van der Waals surface area contributed by atoms with Crippen LogP contribution < -0.4 is 5.32 Å². The molecule has 1 aromatic carbocycles. The Morgan fingerprint density at radius 2 is 1.90 bits per heavy atom. The molecule has 0 amide bonds. The van der Waals surface area contributed by atoms with Gasteiger partial charge in [-0.3, -0.25) is 0 Å². The highest BCUT2D eigenvalue weighted by atomic mass is 32.2.